The van der Waals surface area contributed by atoms with Gasteiger partial charge in [0.15, 0.2) is 0 Å². The highest BCUT2D eigenvalue weighted by atomic mass is 16.3. The van der Waals surface area contributed by atoms with Crippen molar-refractivity contribution in [1.82, 2.24) is 14.0 Å². The lowest BCUT2D eigenvalue weighted by molar-refractivity contribution is -0.133. The zero-order valence-electron chi connectivity index (χ0n) is 16.7. The van der Waals surface area contributed by atoms with Crippen LogP contribution < -0.4 is 5.69 Å². The molecule has 0 bridgehead atoms. The van der Waals surface area contributed by atoms with Gasteiger partial charge in [0.25, 0.3) is 0 Å². The summed E-state index contributed by atoms with van der Waals surface area (Å²) >= 11 is 0. The summed E-state index contributed by atoms with van der Waals surface area (Å²) in [7, 11) is 0. The van der Waals surface area contributed by atoms with E-state index in [1.54, 1.807) is 9.13 Å². The number of imidazole rings is 1. The van der Waals surface area contributed by atoms with E-state index in [0.29, 0.717) is 19.6 Å². The molecule has 1 aromatic heterocycles. The maximum absolute atomic E-state index is 12.9. The van der Waals surface area contributed by atoms with Crippen LogP contribution in [0.1, 0.15) is 31.4 Å². The third kappa shape index (κ3) is 3.72. The van der Waals surface area contributed by atoms with Crippen molar-refractivity contribution in [2.45, 2.75) is 39.0 Å². The van der Waals surface area contributed by atoms with Gasteiger partial charge in [-0.25, -0.2) is 4.79 Å². The first-order chi connectivity index (χ1) is 14.1. The molecule has 1 amide bonds. The Bertz CT molecular complexity index is 1050. The average molecular weight is 393 g/mol. The molecule has 1 unspecified atom stereocenters. The van der Waals surface area contributed by atoms with Crippen molar-refractivity contribution < 1.29 is 9.90 Å². The number of benzene rings is 2. The van der Waals surface area contributed by atoms with Gasteiger partial charge in [0, 0.05) is 19.6 Å². The maximum Gasteiger partial charge on any atom is 0.329 e. The summed E-state index contributed by atoms with van der Waals surface area (Å²) in [5, 5.41) is 10.6. The van der Waals surface area contributed by atoms with Crippen LogP contribution in [0.3, 0.4) is 0 Å². The molecule has 1 aliphatic rings. The first kappa shape index (κ1) is 19.5. The van der Waals surface area contributed by atoms with Gasteiger partial charge in [-0.05, 0) is 43.4 Å². The van der Waals surface area contributed by atoms with Gasteiger partial charge in [-0.3, -0.25) is 13.9 Å². The van der Waals surface area contributed by atoms with Crippen LogP contribution in [-0.2, 0) is 17.9 Å². The van der Waals surface area contributed by atoms with Crippen LogP contribution in [0.4, 0.5) is 0 Å². The van der Waals surface area contributed by atoms with E-state index in [9.17, 15) is 14.7 Å². The van der Waals surface area contributed by atoms with Crippen LogP contribution in [0.15, 0.2) is 59.4 Å². The number of carbonyl (C=O) groups excluding carboxylic acids is 1. The summed E-state index contributed by atoms with van der Waals surface area (Å²) in [6, 6.07) is 17.3. The Morgan fingerprint density at radius 3 is 2.21 bits per heavy atom. The van der Waals surface area contributed by atoms with Gasteiger partial charge in [-0.15, -0.1) is 0 Å². The number of hydrogen-bond donors (Lipinski definition) is 1. The number of carbonyl (C=O) groups is 1. The van der Waals surface area contributed by atoms with Crippen molar-refractivity contribution in [2.24, 2.45) is 5.92 Å². The molecule has 0 spiro atoms. The zero-order valence-corrected chi connectivity index (χ0v) is 16.7. The van der Waals surface area contributed by atoms with Crippen LogP contribution in [0.2, 0.25) is 0 Å². The number of piperidine rings is 1. The fourth-order valence-electron chi connectivity index (χ4n) is 4.35. The Kier molecular flexibility index (Phi) is 5.53. The van der Waals surface area contributed by atoms with E-state index in [1.165, 1.54) is 0 Å². The smallest absolute Gasteiger partial charge is 0.329 e. The van der Waals surface area contributed by atoms with Crippen molar-refractivity contribution in [3.05, 3.63) is 70.6 Å². The van der Waals surface area contributed by atoms with Crippen molar-refractivity contribution >= 4 is 16.9 Å². The number of nitrogens with zero attached hydrogens (tertiary/aromatic N) is 3. The first-order valence-corrected chi connectivity index (χ1v) is 10.3. The molecule has 1 saturated heterocycles. The van der Waals surface area contributed by atoms with Gasteiger partial charge in [0.2, 0.25) is 5.91 Å². The second kappa shape index (κ2) is 8.25. The molecule has 2 heterocycles. The molecule has 6 nitrogen and oxygen atoms in total. The monoisotopic (exact) mass is 393 g/mol. The van der Waals surface area contributed by atoms with Crippen molar-refractivity contribution in [3.8, 4) is 0 Å². The lowest BCUT2D eigenvalue weighted by atomic mass is 9.87. The normalized spacial score (nSPS) is 16.3. The molecule has 0 aliphatic carbocycles. The molecule has 6 heteroatoms. The topological polar surface area (TPSA) is 67.5 Å². The van der Waals surface area contributed by atoms with Crippen LogP contribution >= 0.6 is 0 Å². The van der Waals surface area contributed by atoms with Crippen LogP contribution in [0.25, 0.3) is 11.0 Å². The number of rotatable bonds is 5. The molecule has 3 aromatic rings. The van der Waals surface area contributed by atoms with Crippen LogP contribution in [0.5, 0.6) is 0 Å². The molecule has 152 valence electrons. The standard InChI is InChI=1S/C23H27N3O3/c1-2-25-19-10-6-7-11-20(19)26(23(25)29)16-21(27)24-14-12-18(13-15-24)22(28)17-8-4-3-5-9-17/h3-11,18,22,28H,2,12-16H2,1H3. The van der Waals surface area contributed by atoms with E-state index < -0.39 is 6.10 Å². The Balaban J connectivity index is 1.44. The van der Waals surface area contributed by atoms with Gasteiger partial charge in [0.1, 0.15) is 6.54 Å². The number of aromatic nitrogens is 2. The van der Waals surface area contributed by atoms with Gasteiger partial charge in [0.05, 0.1) is 17.1 Å². The molecule has 2 aromatic carbocycles. The molecule has 1 atom stereocenters. The number of aryl methyl sites for hydroxylation is 1. The largest absolute Gasteiger partial charge is 0.388 e. The molecule has 1 N–H and O–H groups in total. The summed E-state index contributed by atoms with van der Waals surface area (Å²) < 4.78 is 3.27. The van der Waals surface area contributed by atoms with Gasteiger partial charge >= 0.3 is 5.69 Å². The Labute approximate surface area is 170 Å². The molecule has 0 radical (unpaired) electrons. The highest BCUT2D eigenvalue weighted by Crippen LogP contribution is 2.30. The molecule has 1 fully saturated rings. The second-order valence-corrected chi connectivity index (χ2v) is 7.68. The molecule has 4 rings (SSSR count). The van der Waals surface area contributed by atoms with E-state index in [0.717, 1.165) is 29.4 Å². The zero-order chi connectivity index (χ0) is 20.4. The fraction of sp³-hybridized carbons (Fsp3) is 0.391. The average Bonchev–Trinajstić information content (AvgIpc) is 3.04. The fourth-order valence-corrected chi connectivity index (χ4v) is 4.35. The quantitative estimate of drug-likeness (QED) is 0.725. The highest BCUT2D eigenvalue weighted by molar-refractivity contribution is 5.81. The Morgan fingerprint density at radius 1 is 1.00 bits per heavy atom. The molecule has 1 aliphatic heterocycles. The minimum absolute atomic E-state index is 0.0428. The maximum atomic E-state index is 12.9. The SMILES string of the molecule is CCn1c(=O)n(CC(=O)N2CCC(C(O)c3ccccc3)CC2)c2ccccc21. The number of aliphatic hydroxyl groups is 1. The lowest BCUT2D eigenvalue weighted by Gasteiger charge is -2.34. The summed E-state index contributed by atoms with van der Waals surface area (Å²) in [6.07, 6.45) is 1.01. The second-order valence-electron chi connectivity index (χ2n) is 7.68. The number of likely N-dealkylation sites (tertiary alicyclic amines) is 1. The minimum Gasteiger partial charge on any atom is -0.388 e. The summed E-state index contributed by atoms with van der Waals surface area (Å²) in [6.45, 7) is 3.77. The van der Waals surface area contributed by atoms with E-state index in [2.05, 4.69) is 0 Å². The van der Waals surface area contributed by atoms with E-state index in [1.807, 2.05) is 66.4 Å². The predicted octanol–water partition coefficient (Wildman–Crippen LogP) is 2.80. The number of hydrogen-bond acceptors (Lipinski definition) is 3. The van der Waals surface area contributed by atoms with Crippen molar-refractivity contribution in [1.29, 1.82) is 0 Å². The van der Waals surface area contributed by atoms with Crippen LogP contribution in [-0.4, -0.2) is 38.1 Å². The first-order valence-electron chi connectivity index (χ1n) is 10.3. The van der Waals surface area contributed by atoms with Gasteiger partial charge in [-0.2, -0.15) is 0 Å². The molecule has 29 heavy (non-hydrogen) atoms. The van der Waals surface area contributed by atoms with Gasteiger partial charge in [-0.1, -0.05) is 42.5 Å². The Hall–Kier alpha value is -2.86. The third-order valence-electron chi connectivity index (χ3n) is 6.01. The number of amides is 1. The molecular weight excluding hydrogens is 366 g/mol. The number of aliphatic hydroxyl groups excluding tert-OH is 1. The number of fused-ring (bicyclic) bond motifs is 1. The van der Waals surface area contributed by atoms with E-state index >= 15 is 0 Å². The molecule has 0 saturated carbocycles. The van der Waals surface area contributed by atoms with E-state index in [4.69, 9.17) is 0 Å². The predicted molar refractivity (Wildman–Crippen MR) is 113 cm³/mol. The summed E-state index contributed by atoms with van der Waals surface area (Å²) in [5.41, 5.74) is 2.44. The van der Waals surface area contributed by atoms with Crippen molar-refractivity contribution in [2.75, 3.05) is 13.1 Å². The summed E-state index contributed by atoms with van der Waals surface area (Å²) in [5.74, 6) is 0.102. The van der Waals surface area contributed by atoms with Gasteiger partial charge < -0.3 is 10.0 Å². The lowest BCUT2D eigenvalue weighted by Crippen LogP contribution is -2.42. The number of para-hydroxylation sites is 2. The van der Waals surface area contributed by atoms with Crippen LogP contribution in [0, 0.1) is 5.92 Å². The third-order valence-corrected chi connectivity index (χ3v) is 6.01. The van der Waals surface area contributed by atoms with Crippen molar-refractivity contribution in [3.63, 3.8) is 0 Å². The highest BCUT2D eigenvalue weighted by Gasteiger charge is 2.28. The minimum atomic E-state index is -0.501. The Morgan fingerprint density at radius 2 is 1.59 bits per heavy atom. The molecular formula is C23H27N3O3. The van der Waals surface area contributed by atoms with E-state index in [-0.39, 0.29) is 24.1 Å². The summed E-state index contributed by atoms with van der Waals surface area (Å²) in [4.78, 5) is 27.5.